The molecule has 0 aromatic carbocycles. The van der Waals surface area contributed by atoms with Crippen molar-refractivity contribution in [3.05, 3.63) is 11.6 Å². The van der Waals surface area contributed by atoms with E-state index in [-0.39, 0.29) is 11.0 Å². The minimum atomic E-state index is -1.08. The molecular weight excluding hydrogens is 444 g/mol. The molecule has 0 N–H and O–H groups in total. The van der Waals surface area contributed by atoms with Gasteiger partial charge >= 0.3 is 0 Å². The van der Waals surface area contributed by atoms with Gasteiger partial charge in [0, 0.05) is 6.42 Å². The molecule has 0 saturated heterocycles. The Hall–Kier alpha value is -0.500. The molecule has 0 aromatic rings. The van der Waals surface area contributed by atoms with Gasteiger partial charge in [-0.25, -0.2) is 19.6 Å². The van der Waals surface area contributed by atoms with Gasteiger partial charge in [-0.1, -0.05) is 46.6 Å². The predicted octanol–water partition coefficient (Wildman–Crippen LogP) is 8.65. The second kappa shape index (κ2) is 13.3. The Balaban J connectivity index is 2.87. The first-order valence-electron chi connectivity index (χ1n) is 13.7. The van der Waals surface area contributed by atoms with Crippen LogP contribution in [0.5, 0.6) is 0 Å². The van der Waals surface area contributed by atoms with E-state index in [4.69, 9.17) is 29.3 Å². The van der Waals surface area contributed by atoms with Crippen LogP contribution in [0.4, 0.5) is 0 Å². The summed E-state index contributed by atoms with van der Waals surface area (Å²) in [5.41, 5.74) is -0.181. The maximum atomic E-state index is 6.16. The Kier molecular flexibility index (Phi) is 12.4. The van der Waals surface area contributed by atoms with E-state index in [0.29, 0.717) is 18.9 Å². The SMILES string of the molecule is CCCC(C)(C)OOCCCCCC=C1C(C)(C)CC(C)CC1(OOC(C)(C)C)OOC(C)(C)C. The summed E-state index contributed by atoms with van der Waals surface area (Å²) in [7, 11) is 0. The highest BCUT2D eigenvalue weighted by Gasteiger charge is 2.52. The van der Waals surface area contributed by atoms with E-state index in [1.54, 1.807) is 0 Å². The van der Waals surface area contributed by atoms with Gasteiger partial charge in [-0.2, -0.15) is 9.78 Å². The summed E-state index contributed by atoms with van der Waals surface area (Å²) >= 11 is 0. The molecule has 6 nitrogen and oxygen atoms in total. The molecule has 6 heteroatoms. The molecule has 1 rings (SSSR count). The molecule has 0 aliphatic heterocycles. The van der Waals surface area contributed by atoms with Crippen molar-refractivity contribution in [1.82, 2.24) is 0 Å². The summed E-state index contributed by atoms with van der Waals surface area (Å²) in [6, 6.07) is 0. The van der Waals surface area contributed by atoms with Crippen LogP contribution in [0.15, 0.2) is 11.6 Å². The molecule has 1 aliphatic rings. The van der Waals surface area contributed by atoms with Crippen molar-refractivity contribution in [3.8, 4) is 0 Å². The molecule has 208 valence electrons. The third kappa shape index (κ3) is 12.5. The number of hydrogen-bond acceptors (Lipinski definition) is 6. The molecule has 0 spiro atoms. The molecule has 1 aliphatic carbocycles. The van der Waals surface area contributed by atoms with Crippen molar-refractivity contribution in [2.75, 3.05) is 6.61 Å². The lowest BCUT2D eigenvalue weighted by atomic mass is 9.66. The Morgan fingerprint density at radius 2 is 1.40 bits per heavy atom. The molecule has 0 aromatic heterocycles. The van der Waals surface area contributed by atoms with E-state index in [0.717, 1.165) is 50.5 Å². The zero-order valence-electron chi connectivity index (χ0n) is 25.0. The van der Waals surface area contributed by atoms with Gasteiger partial charge < -0.3 is 0 Å². The Labute approximate surface area is 216 Å². The topological polar surface area (TPSA) is 55.4 Å². The second-order valence-corrected chi connectivity index (χ2v) is 13.6. The van der Waals surface area contributed by atoms with E-state index in [1.807, 2.05) is 41.5 Å². The summed E-state index contributed by atoms with van der Waals surface area (Å²) in [5.74, 6) is -0.688. The fraction of sp³-hybridized carbons (Fsp3) is 0.931. The minimum absolute atomic E-state index is 0.109. The largest absolute Gasteiger partial charge is 0.255 e. The Bertz CT molecular complexity index is 621. The standard InChI is InChI=1S/C29H56O6/c1-13-19-28(11,12)33-30-20-17-15-14-16-18-24-27(9,10)21-23(2)22-29(24,34-31-25(3,4)5)35-32-26(6,7)8/h18,23H,13-17,19-22H2,1-12H3. The fourth-order valence-corrected chi connectivity index (χ4v) is 4.70. The molecule has 1 unspecified atom stereocenters. The lowest BCUT2D eigenvalue weighted by molar-refractivity contribution is -0.536. The van der Waals surface area contributed by atoms with Crippen LogP contribution in [0.1, 0.15) is 134 Å². The average Bonchev–Trinajstić information content (AvgIpc) is 2.66. The second-order valence-electron chi connectivity index (χ2n) is 13.6. The van der Waals surface area contributed by atoms with Gasteiger partial charge in [0.2, 0.25) is 0 Å². The van der Waals surface area contributed by atoms with E-state index in [2.05, 4.69) is 47.6 Å². The van der Waals surface area contributed by atoms with Gasteiger partial charge in [-0.05, 0) is 104 Å². The molecule has 0 bridgehead atoms. The van der Waals surface area contributed by atoms with Gasteiger partial charge in [0.15, 0.2) is 0 Å². The van der Waals surface area contributed by atoms with E-state index >= 15 is 0 Å². The van der Waals surface area contributed by atoms with Crippen molar-refractivity contribution in [3.63, 3.8) is 0 Å². The fourth-order valence-electron chi connectivity index (χ4n) is 4.70. The lowest BCUT2D eigenvalue weighted by Gasteiger charge is -2.48. The molecular formula is C29H56O6. The highest BCUT2D eigenvalue weighted by atomic mass is 17.3. The first kappa shape index (κ1) is 32.5. The summed E-state index contributed by atoms with van der Waals surface area (Å²) in [4.78, 5) is 35.1. The van der Waals surface area contributed by atoms with Crippen LogP contribution in [0.2, 0.25) is 0 Å². The van der Waals surface area contributed by atoms with Gasteiger partial charge in [0.25, 0.3) is 5.79 Å². The minimum Gasteiger partial charge on any atom is -0.236 e. The van der Waals surface area contributed by atoms with Crippen molar-refractivity contribution >= 4 is 0 Å². The number of hydrogen-bond donors (Lipinski definition) is 0. The molecule has 0 radical (unpaired) electrons. The van der Waals surface area contributed by atoms with Gasteiger partial charge in [0.05, 0.1) is 23.4 Å². The van der Waals surface area contributed by atoms with Crippen molar-refractivity contribution in [1.29, 1.82) is 0 Å². The van der Waals surface area contributed by atoms with Gasteiger partial charge in [-0.15, -0.1) is 0 Å². The molecule has 0 heterocycles. The van der Waals surface area contributed by atoms with Gasteiger partial charge in [0.1, 0.15) is 0 Å². The van der Waals surface area contributed by atoms with Crippen LogP contribution in [0.25, 0.3) is 0 Å². The van der Waals surface area contributed by atoms with Crippen molar-refractivity contribution in [2.45, 2.75) is 157 Å². The first-order valence-corrected chi connectivity index (χ1v) is 13.7. The monoisotopic (exact) mass is 500 g/mol. The molecule has 0 amide bonds. The lowest BCUT2D eigenvalue weighted by Crippen LogP contribution is -2.51. The zero-order chi connectivity index (χ0) is 27.0. The third-order valence-electron chi connectivity index (χ3n) is 5.88. The molecule has 1 fully saturated rings. The first-order chi connectivity index (χ1) is 15.9. The van der Waals surface area contributed by atoms with Crippen LogP contribution < -0.4 is 0 Å². The molecule has 1 saturated carbocycles. The number of allylic oxidation sites excluding steroid dienone is 1. The van der Waals surface area contributed by atoms with Crippen LogP contribution in [-0.4, -0.2) is 29.2 Å². The normalized spacial score (nSPS) is 22.1. The van der Waals surface area contributed by atoms with E-state index < -0.39 is 17.0 Å². The van der Waals surface area contributed by atoms with E-state index in [1.165, 1.54) is 0 Å². The number of rotatable bonds is 14. The Morgan fingerprint density at radius 1 is 0.829 bits per heavy atom. The highest BCUT2D eigenvalue weighted by molar-refractivity contribution is 5.24. The van der Waals surface area contributed by atoms with E-state index in [9.17, 15) is 0 Å². The third-order valence-corrected chi connectivity index (χ3v) is 5.88. The Morgan fingerprint density at radius 3 is 1.91 bits per heavy atom. The predicted molar refractivity (Wildman–Crippen MR) is 141 cm³/mol. The molecule has 35 heavy (non-hydrogen) atoms. The summed E-state index contributed by atoms with van der Waals surface area (Å²) in [6.07, 6.45) is 10.1. The quantitative estimate of drug-likeness (QED) is 0.0782. The number of unbranched alkanes of at least 4 members (excludes halogenated alkanes) is 3. The van der Waals surface area contributed by atoms with Crippen LogP contribution in [-0.2, 0) is 29.3 Å². The van der Waals surface area contributed by atoms with Crippen LogP contribution in [0.3, 0.4) is 0 Å². The van der Waals surface area contributed by atoms with Gasteiger partial charge in [-0.3, -0.25) is 0 Å². The van der Waals surface area contributed by atoms with Crippen molar-refractivity contribution < 1.29 is 29.3 Å². The summed E-state index contributed by atoms with van der Waals surface area (Å²) in [6.45, 7) is 25.5. The van der Waals surface area contributed by atoms with Crippen LogP contribution >= 0.6 is 0 Å². The summed E-state index contributed by atoms with van der Waals surface area (Å²) in [5, 5.41) is 0. The smallest absolute Gasteiger partial charge is 0.236 e. The summed E-state index contributed by atoms with van der Waals surface area (Å²) < 4.78 is 0. The van der Waals surface area contributed by atoms with Crippen molar-refractivity contribution in [2.24, 2.45) is 11.3 Å². The highest BCUT2D eigenvalue weighted by Crippen LogP contribution is 2.51. The maximum Gasteiger partial charge on any atom is 0.255 e. The molecule has 1 atom stereocenters. The average molecular weight is 501 g/mol. The zero-order valence-corrected chi connectivity index (χ0v) is 25.0. The van der Waals surface area contributed by atoms with Crippen LogP contribution in [0, 0.1) is 11.3 Å². The maximum absolute atomic E-state index is 6.16.